The van der Waals surface area contributed by atoms with E-state index >= 15 is 0 Å². The van der Waals surface area contributed by atoms with Gasteiger partial charge in [0.2, 0.25) is 0 Å². The van der Waals surface area contributed by atoms with E-state index in [1.165, 1.54) is 0 Å². The molecule has 1 amide bonds. The van der Waals surface area contributed by atoms with Gasteiger partial charge in [-0.15, -0.1) is 0 Å². The molecule has 27 heavy (non-hydrogen) atoms. The molecule has 2 heterocycles. The number of benzene rings is 1. The zero-order chi connectivity index (χ0) is 19.4. The highest BCUT2D eigenvalue weighted by Gasteiger charge is 2.25. The van der Waals surface area contributed by atoms with Crippen molar-refractivity contribution in [2.75, 3.05) is 13.1 Å². The van der Waals surface area contributed by atoms with Crippen molar-refractivity contribution in [2.24, 2.45) is 0 Å². The van der Waals surface area contributed by atoms with E-state index in [0.29, 0.717) is 41.4 Å². The first-order valence-corrected chi connectivity index (χ1v) is 9.10. The number of hydrogen-bond donors (Lipinski definition) is 1. The van der Waals surface area contributed by atoms with Crippen molar-refractivity contribution in [3.63, 3.8) is 0 Å². The predicted molar refractivity (Wildman–Crippen MR) is 103 cm³/mol. The molecular formula is C21H23N3O3. The van der Waals surface area contributed by atoms with Crippen LogP contribution in [-0.2, 0) is 0 Å². The lowest BCUT2D eigenvalue weighted by Crippen LogP contribution is -2.31. The summed E-state index contributed by atoms with van der Waals surface area (Å²) in [5.41, 5.74) is 2.55. The van der Waals surface area contributed by atoms with E-state index in [1.54, 1.807) is 24.1 Å². The number of amides is 1. The zero-order valence-corrected chi connectivity index (χ0v) is 15.8. The van der Waals surface area contributed by atoms with Crippen LogP contribution in [-0.4, -0.2) is 39.8 Å². The summed E-state index contributed by atoms with van der Waals surface area (Å²) in [6.07, 6.45) is 2.45. The van der Waals surface area contributed by atoms with Crippen LogP contribution in [0.2, 0.25) is 0 Å². The highest BCUT2D eigenvalue weighted by Crippen LogP contribution is 2.27. The van der Waals surface area contributed by atoms with Crippen molar-refractivity contribution < 1.29 is 14.1 Å². The number of carbonyl (C=O) groups excluding carboxylic acids is 2. The minimum Gasteiger partial charge on any atom is -0.360 e. The lowest BCUT2D eigenvalue weighted by atomic mass is 9.99. The van der Waals surface area contributed by atoms with Gasteiger partial charge >= 0.3 is 0 Å². The second-order valence-electron chi connectivity index (χ2n) is 6.34. The number of H-pyrrole nitrogens is 1. The van der Waals surface area contributed by atoms with Gasteiger partial charge in [0, 0.05) is 30.4 Å². The van der Waals surface area contributed by atoms with Crippen molar-refractivity contribution in [3.8, 4) is 11.3 Å². The van der Waals surface area contributed by atoms with Crippen LogP contribution in [0.3, 0.4) is 0 Å². The summed E-state index contributed by atoms with van der Waals surface area (Å²) >= 11 is 0. The molecule has 3 rings (SSSR count). The van der Waals surface area contributed by atoms with E-state index in [2.05, 4.69) is 10.1 Å². The van der Waals surface area contributed by atoms with Gasteiger partial charge in [0.15, 0.2) is 5.78 Å². The maximum atomic E-state index is 13.1. The second-order valence-corrected chi connectivity index (χ2v) is 6.34. The van der Waals surface area contributed by atoms with Gasteiger partial charge in [-0.1, -0.05) is 42.4 Å². The van der Waals surface area contributed by atoms with Crippen LogP contribution in [0.15, 0.2) is 47.1 Å². The summed E-state index contributed by atoms with van der Waals surface area (Å²) < 4.78 is 5.28. The fourth-order valence-corrected chi connectivity index (χ4v) is 3.07. The van der Waals surface area contributed by atoms with Gasteiger partial charge in [0.1, 0.15) is 17.1 Å². The molecule has 0 atom stereocenters. The van der Waals surface area contributed by atoms with Gasteiger partial charge in [-0.25, -0.2) is 0 Å². The third-order valence-corrected chi connectivity index (χ3v) is 4.48. The Labute approximate surface area is 158 Å². The summed E-state index contributed by atoms with van der Waals surface area (Å²) in [6, 6.07) is 11.0. The molecule has 140 valence electrons. The topological polar surface area (TPSA) is 79.2 Å². The Balaban J connectivity index is 1.92. The van der Waals surface area contributed by atoms with Gasteiger partial charge in [0.05, 0.1) is 5.56 Å². The number of hydrogen-bond acceptors (Lipinski definition) is 4. The van der Waals surface area contributed by atoms with Crippen LogP contribution in [0.5, 0.6) is 0 Å². The van der Waals surface area contributed by atoms with E-state index in [4.69, 9.17) is 4.52 Å². The first kappa shape index (κ1) is 18.6. The average molecular weight is 365 g/mol. The molecule has 2 aromatic heterocycles. The molecule has 0 saturated heterocycles. The number of nitrogens with one attached hydrogen (secondary N) is 1. The summed E-state index contributed by atoms with van der Waals surface area (Å²) in [6.45, 7) is 6.98. The molecule has 0 aliphatic carbocycles. The third kappa shape index (κ3) is 3.69. The Hall–Kier alpha value is -3.15. The number of aromatic amines is 1. The number of ketones is 1. The standard InChI is InChI=1S/C21H23N3O3/c1-4-11-24(5-2)21(26)17-12-16(13-22-17)20(25)18-14(3)27-23-19(18)15-9-7-6-8-10-15/h6-10,12-13,22H,4-5,11H2,1-3H3. The minimum atomic E-state index is -0.221. The minimum absolute atomic E-state index is 0.108. The largest absolute Gasteiger partial charge is 0.360 e. The van der Waals surface area contributed by atoms with E-state index in [0.717, 1.165) is 12.0 Å². The number of carbonyl (C=O) groups is 2. The molecule has 3 aromatic rings. The van der Waals surface area contributed by atoms with Crippen LogP contribution >= 0.6 is 0 Å². The Bertz CT molecular complexity index is 941. The molecule has 0 aliphatic heterocycles. The summed E-state index contributed by atoms with van der Waals surface area (Å²) in [5, 5.41) is 4.06. The first-order valence-electron chi connectivity index (χ1n) is 9.10. The number of nitrogens with zero attached hydrogens (tertiary/aromatic N) is 2. The zero-order valence-electron chi connectivity index (χ0n) is 15.8. The molecule has 1 N–H and O–H groups in total. The van der Waals surface area contributed by atoms with Crippen molar-refractivity contribution in [2.45, 2.75) is 27.2 Å². The average Bonchev–Trinajstić information content (AvgIpc) is 3.33. The van der Waals surface area contributed by atoms with Crippen LogP contribution in [0.4, 0.5) is 0 Å². The lowest BCUT2D eigenvalue weighted by molar-refractivity contribution is 0.0759. The summed E-state index contributed by atoms with van der Waals surface area (Å²) in [7, 11) is 0. The Morgan fingerprint density at radius 3 is 2.59 bits per heavy atom. The van der Waals surface area contributed by atoms with Crippen molar-refractivity contribution in [1.82, 2.24) is 15.0 Å². The van der Waals surface area contributed by atoms with Gasteiger partial charge in [-0.05, 0) is 26.3 Å². The van der Waals surface area contributed by atoms with Crippen LogP contribution < -0.4 is 0 Å². The molecule has 0 spiro atoms. The third-order valence-electron chi connectivity index (χ3n) is 4.48. The molecule has 6 nitrogen and oxygen atoms in total. The Morgan fingerprint density at radius 2 is 1.93 bits per heavy atom. The van der Waals surface area contributed by atoms with Crippen molar-refractivity contribution in [3.05, 3.63) is 65.2 Å². The SMILES string of the molecule is CCCN(CC)C(=O)c1cc(C(=O)c2c(-c3ccccc3)noc2C)c[nH]1. The molecule has 0 saturated carbocycles. The van der Waals surface area contributed by atoms with Gasteiger partial charge in [-0.3, -0.25) is 9.59 Å². The lowest BCUT2D eigenvalue weighted by Gasteiger charge is -2.18. The predicted octanol–water partition coefficient (Wildman–Crippen LogP) is 4.08. The molecule has 0 aliphatic rings. The van der Waals surface area contributed by atoms with Crippen molar-refractivity contribution in [1.29, 1.82) is 0 Å². The second kappa shape index (κ2) is 8.03. The number of aromatic nitrogens is 2. The highest BCUT2D eigenvalue weighted by molar-refractivity contribution is 6.13. The van der Waals surface area contributed by atoms with E-state index in [9.17, 15) is 9.59 Å². The summed E-state index contributed by atoms with van der Waals surface area (Å²) in [4.78, 5) is 30.4. The van der Waals surface area contributed by atoms with E-state index in [-0.39, 0.29) is 11.7 Å². The monoisotopic (exact) mass is 365 g/mol. The molecule has 0 radical (unpaired) electrons. The number of aryl methyl sites for hydroxylation is 1. The van der Waals surface area contributed by atoms with Gasteiger partial charge in [-0.2, -0.15) is 0 Å². The molecular weight excluding hydrogens is 342 g/mol. The van der Waals surface area contributed by atoms with Gasteiger partial charge in [0.25, 0.3) is 5.91 Å². The maximum Gasteiger partial charge on any atom is 0.270 e. The molecule has 0 unspecified atom stereocenters. The maximum absolute atomic E-state index is 13.1. The fraction of sp³-hybridized carbons (Fsp3) is 0.286. The first-order chi connectivity index (χ1) is 13.1. The molecule has 1 aromatic carbocycles. The number of rotatable bonds is 7. The molecule has 0 bridgehead atoms. The Morgan fingerprint density at radius 1 is 1.19 bits per heavy atom. The van der Waals surface area contributed by atoms with Crippen LogP contribution in [0.25, 0.3) is 11.3 Å². The Kier molecular flexibility index (Phi) is 5.54. The molecule has 0 fully saturated rings. The van der Waals surface area contributed by atoms with Crippen LogP contribution in [0, 0.1) is 6.92 Å². The van der Waals surface area contributed by atoms with E-state index < -0.39 is 0 Å². The normalized spacial score (nSPS) is 10.8. The van der Waals surface area contributed by atoms with Gasteiger partial charge < -0.3 is 14.4 Å². The summed E-state index contributed by atoms with van der Waals surface area (Å²) in [5.74, 6) is 0.124. The molecule has 6 heteroatoms. The van der Waals surface area contributed by atoms with Crippen molar-refractivity contribution >= 4 is 11.7 Å². The quantitative estimate of drug-likeness (QED) is 0.640. The fourth-order valence-electron chi connectivity index (χ4n) is 3.07. The van der Waals surface area contributed by atoms with Crippen LogP contribution in [0.1, 0.15) is 52.4 Å². The van der Waals surface area contributed by atoms with E-state index in [1.807, 2.05) is 44.2 Å². The smallest absolute Gasteiger partial charge is 0.270 e. The highest BCUT2D eigenvalue weighted by atomic mass is 16.5.